The van der Waals surface area contributed by atoms with Gasteiger partial charge in [0.05, 0.1) is 0 Å². The number of ether oxygens (including phenoxy) is 1. The van der Waals surface area contributed by atoms with Crippen molar-refractivity contribution in [3.05, 3.63) is 125 Å². The van der Waals surface area contributed by atoms with Gasteiger partial charge in [-0.25, -0.2) is 0 Å². The number of hydrogen-bond acceptors (Lipinski definition) is 4. The number of carbonyl (C=O) groups is 2. The second-order valence-electron chi connectivity index (χ2n) is 12.7. The van der Waals surface area contributed by atoms with Gasteiger partial charge < -0.3 is 15.4 Å². The minimum atomic E-state index is -1.13. The molecule has 2 N–H and O–H groups in total. The molecule has 1 amide bonds. The number of allylic oxidation sites excluding steroid dienone is 2. The smallest absolute Gasteiger partial charge is 0.230 e. The van der Waals surface area contributed by atoms with Crippen LogP contribution in [0, 0.1) is 18.3 Å². The Bertz CT molecular complexity index is 1670. The van der Waals surface area contributed by atoms with E-state index >= 15 is 0 Å². The van der Waals surface area contributed by atoms with Crippen LogP contribution in [0.1, 0.15) is 56.2 Å². The average molecular weight is 559 g/mol. The summed E-state index contributed by atoms with van der Waals surface area (Å²) in [5, 5.41) is 8.97. The van der Waals surface area contributed by atoms with Gasteiger partial charge in [0.2, 0.25) is 5.91 Å². The van der Waals surface area contributed by atoms with Gasteiger partial charge in [0.25, 0.3) is 0 Å². The van der Waals surface area contributed by atoms with Crippen molar-refractivity contribution in [2.45, 2.75) is 58.7 Å². The van der Waals surface area contributed by atoms with Crippen LogP contribution in [0.4, 0.5) is 5.69 Å². The molecular weight excluding hydrogens is 520 g/mol. The number of ketones is 1. The SMILES string of the molecule is Cc1ccc(N[C@@]2(C)OC3=C(C(=O)CC(C)(C)C3)[C@H](c3ccc4ccccc4c3)[C@H]2C(=O)NCc2ccccc2)cc1. The third-order valence-electron chi connectivity index (χ3n) is 8.62. The van der Waals surface area contributed by atoms with Crippen molar-refractivity contribution in [2.24, 2.45) is 11.3 Å². The molecule has 0 saturated heterocycles. The molecule has 0 saturated carbocycles. The molecule has 0 fully saturated rings. The van der Waals surface area contributed by atoms with E-state index in [0.717, 1.165) is 33.2 Å². The summed E-state index contributed by atoms with van der Waals surface area (Å²) in [6.07, 6.45) is 1.04. The van der Waals surface area contributed by atoms with Gasteiger partial charge >= 0.3 is 0 Å². The molecule has 42 heavy (non-hydrogen) atoms. The van der Waals surface area contributed by atoms with Crippen LogP contribution in [0.5, 0.6) is 0 Å². The first kappa shape index (κ1) is 27.8. The summed E-state index contributed by atoms with van der Waals surface area (Å²) >= 11 is 0. The molecule has 4 aromatic carbocycles. The van der Waals surface area contributed by atoms with Crippen LogP contribution in [0.3, 0.4) is 0 Å². The summed E-state index contributed by atoms with van der Waals surface area (Å²) < 4.78 is 6.83. The van der Waals surface area contributed by atoms with E-state index in [1.54, 1.807) is 0 Å². The van der Waals surface area contributed by atoms with Crippen LogP contribution in [0.15, 0.2) is 108 Å². The average Bonchev–Trinajstić information content (AvgIpc) is 2.96. The quantitative estimate of drug-likeness (QED) is 0.255. The first-order valence-electron chi connectivity index (χ1n) is 14.7. The molecule has 1 heterocycles. The van der Waals surface area contributed by atoms with Crippen LogP contribution in [-0.4, -0.2) is 17.4 Å². The molecule has 1 aliphatic carbocycles. The van der Waals surface area contributed by atoms with Crippen molar-refractivity contribution in [1.82, 2.24) is 5.32 Å². The second kappa shape index (κ2) is 10.8. The standard InChI is InChI=1S/C37H38N2O3/c1-24-14-18-29(19-15-24)39-37(4)34(35(41)38-23-25-10-6-5-7-11-25)32(28-17-16-26-12-8-9-13-27(26)20-28)33-30(40)21-36(2,3)22-31(33)42-37/h5-20,32,34,39H,21-23H2,1-4H3,(H,38,41)/t32-,34-,37-/m0/s1. The lowest BCUT2D eigenvalue weighted by atomic mass is 9.65. The Labute approximate surface area is 248 Å². The summed E-state index contributed by atoms with van der Waals surface area (Å²) in [4.78, 5) is 28.4. The zero-order valence-corrected chi connectivity index (χ0v) is 24.7. The molecule has 5 nitrogen and oxygen atoms in total. The number of fused-ring (bicyclic) bond motifs is 1. The maximum atomic E-state index is 14.4. The Hall–Kier alpha value is -4.38. The largest absolute Gasteiger partial charge is 0.471 e. The first-order valence-corrected chi connectivity index (χ1v) is 14.7. The Kier molecular flexibility index (Phi) is 7.14. The fraction of sp³-hybridized carbons (Fsp3) is 0.297. The van der Waals surface area contributed by atoms with Gasteiger partial charge in [-0.15, -0.1) is 0 Å². The van der Waals surface area contributed by atoms with Gasteiger partial charge in [-0.3, -0.25) is 9.59 Å². The molecule has 2 aliphatic rings. The second-order valence-corrected chi connectivity index (χ2v) is 12.7. The number of aryl methyl sites for hydroxylation is 1. The van der Waals surface area contributed by atoms with Gasteiger partial charge in [-0.05, 0) is 53.3 Å². The van der Waals surface area contributed by atoms with Gasteiger partial charge in [-0.1, -0.05) is 104 Å². The summed E-state index contributed by atoms with van der Waals surface area (Å²) in [5.74, 6) is -0.641. The summed E-state index contributed by atoms with van der Waals surface area (Å²) in [6, 6.07) is 32.5. The van der Waals surface area contributed by atoms with Crippen molar-refractivity contribution >= 4 is 28.2 Å². The van der Waals surface area contributed by atoms with Crippen molar-refractivity contribution in [1.29, 1.82) is 0 Å². The zero-order chi connectivity index (χ0) is 29.5. The molecule has 6 rings (SSSR count). The number of carbonyl (C=O) groups excluding carboxylic acids is 2. The van der Waals surface area contributed by atoms with E-state index in [1.807, 2.05) is 80.6 Å². The molecule has 0 spiro atoms. The lowest BCUT2D eigenvalue weighted by molar-refractivity contribution is -0.139. The number of anilines is 1. The van der Waals surface area contributed by atoms with E-state index in [2.05, 4.69) is 54.8 Å². The molecule has 1 aliphatic heterocycles. The number of benzene rings is 4. The fourth-order valence-electron chi connectivity index (χ4n) is 6.60. The highest BCUT2D eigenvalue weighted by Gasteiger charge is 2.55. The van der Waals surface area contributed by atoms with Gasteiger partial charge in [0.15, 0.2) is 11.5 Å². The Balaban J connectivity index is 1.51. The highest BCUT2D eigenvalue weighted by Crippen LogP contribution is 2.53. The van der Waals surface area contributed by atoms with E-state index in [1.165, 1.54) is 0 Å². The highest BCUT2D eigenvalue weighted by atomic mass is 16.5. The number of nitrogens with one attached hydrogen (secondary N) is 2. The van der Waals surface area contributed by atoms with E-state index < -0.39 is 17.6 Å². The topological polar surface area (TPSA) is 67.4 Å². The molecule has 0 aromatic heterocycles. The normalized spacial score (nSPS) is 23.2. The molecular formula is C37H38N2O3. The van der Waals surface area contributed by atoms with Crippen molar-refractivity contribution in [3.63, 3.8) is 0 Å². The van der Waals surface area contributed by atoms with E-state index in [0.29, 0.717) is 30.7 Å². The Morgan fingerprint density at radius 2 is 1.55 bits per heavy atom. The van der Waals surface area contributed by atoms with Crippen LogP contribution in [0.25, 0.3) is 10.8 Å². The van der Waals surface area contributed by atoms with Gasteiger partial charge in [0, 0.05) is 36.6 Å². The van der Waals surface area contributed by atoms with E-state index in [4.69, 9.17) is 4.74 Å². The maximum absolute atomic E-state index is 14.4. The molecule has 3 atom stereocenters. The summed E-state index contributed by atoms with van der Waals surface area (Å²) in [6.45, 7) is 8.58. The Morgan fingerprint density at radius 3 is 2.29 bits per heavy atom. The first-order chi connectivity index (χ1) is 20.1. The van der Waals surface area contributed by atoms with E-state index in [-0.39, 0.29) is 17.1 Å². The number of hydrogen-bond donors (Lipinski definition) is 2. The summed E-state index contributed by atoms with van der Waals surface area (Å²) in [7, 11) is 0. The highest BCUT2D eigenvalue weighted by molar-refractivity contribution is 6.01. The molecule has 0 unspecified atom stereocenters. The van der Waals surface area contributed by atoms with Crippen molar-refractivity contribution < 1.29 is 14.3 Å². The molecule has 0 radical (unpaired) electrons. The third kappa shape index (κ3) is 5.44. The number of rotatable bonds is 6. The van der Waals surface area contributed by atoms with Crippen molar-refractivity contribution in [3.8, 4) is 0 Å². The minimum absolute atomic E-state index is 0.0534. The molecule has 4 aromatic rings. The van der Waals surface area contributed by atoms with Gasteiger partial charge in [0.1, 0.15) is 11.7 Å². The predicted octanol–water partition coefficient (Wildman–Crippen LogP) is 7.67. The molecule has 5 heteroatoms. The van der Waals surface area contributed by atoms with Crippen LogP contribution in [0.2, 0.25) is 0 Å². The number of Topliss-reactive ketones (excluding diaryl/α,β-unsaturated/α-hetero) is 1. The van der Waals surface area contributed by atoms with Crippen molar-refractivity contribution in [2.75, 3.05) is 5.32 Å². The predicted molar refractivity (Wildman–Crippen MR) is 168 cm³/mol. The van der Waals surface area contributed by atoms with Crippen LogP contribution < -0.4 is 10.6 Å². The van der Waals surface area contributed by atoms with Crippen LogP contribution >= 0.6 is 0 Å². The summed E-state index contributed by atoms with van der Waals surface area (Å²) in [5.41, 5.74) is 3.21. The third-order valence-corrected chi connectivity index (χ3v) is 8.62. The maximum Gasteiger partial charge on any atom is 0.230 e. The zero-order valence-electron chi connectivity index (χ0n) is 24.7. The monoisotopic (exact) mass is 558 g/mol. The Morgan fingerprint density at radius 1 is 0.857 bits per heavy atom. The fourth-order valence-corrected chi connectivity index (χ4v) is 6.60. The minimum Gasteiger partial charge on any atom is -0.471 e. The lowest BCUT2D eigenvalue weighted by Gasteiger charge is -2.50. The lowest BCUT2D eigenvalue weighted by Crippen LogP contribution is -2.58. The number of amides is 1. The molecule has 0 bridgehead atoms. The molecule has 214 valence electrons. The van der Waals surface area contributed by atoms with Crippen LogP contribution in [-0.2, 0) is 20.9 Å². The van der Waals surface area contributed by atoms with Gasteiger partial charge in [-0.2, -0.15) is 0 Å². The van der Waals surface area contributed by atoms with E-state index in [9.17, 15) is 9.59 Å².